The van der Waals surface area contributed by atoms with Crippen molar-refractivity contribution >= 4 is 11.6 Å². The number of aryl methyl sites for hydroxylation is 2. The molecule has 0 spiro atoms. The molecule has 0 aliphatic heterocycles. The van der Waals surface area contributed by atoms with Crippen LogP contribution in [0.1, 0.15) is 23.1 Å². The Balaban J connectivity index is 1.44. The number of hydrogen-bond donors (Lipinski definition) is 2. The third kappa shape index (κ3) is 3.55. The Bertz CT molecular complexity index is 896. The molecule has 1 aliphatic rings. The molecule has 25 heavy (non-hydrogen) atoms. The van der Waals surface area contributed by atoms with Crippen molar-refractivity contribution in [3.05, 3.63) is 77.6 Å². The Morgan fingerprint density at radius 1 is 1.12 bits per heavy atom. The average molecular weight is 331 g/mol. The van der Waals surface area contributed by atoms with E-state index in [2.05, 4.69) is 39.7 Å². The van der Waals surface area contributed by atoms with Crippen molar-refractivity contribution in [2.24, 2.45) is 10.7 Å². The van der Waals surface area contributed by atoms with E-state index in [1.807, 2.05) is 35.1 Å². The van der Waals surface area contributed by atoms with Crippen molar-refractivity contribution in [3.8, 4) is 5.69 Å². The highest BCUT2D eigenvalue weighted by Crippen LogP contribution is 2.24. The normalized spacial score (nSPS) is 13.7. The molecule has 1 aromatic heterocycles. The highest BCUT2D eigenvalue weighted by molar-refractivity contribution is 5.92. The first kappa shape index (κ1) is 15.4. The van der Waals surface area contributed by atoms with Gasteiger partial charge in [-0.2, -0.15) is 5.10 Å². The molecule has 0 fully saturated rings. The summed E-state index contributed by atoms with van der Waals surface area (Å²) in [7, 11) is 0. The van der Waals surface area contributed by atoms with Crippen molar-refractivity contribution in [2.45, 2.75) is 25.8 Å². The van der Waals surface area contributed by atoms with Crippen LogP contribution in [0, 0.1) is 0 Å². The van der Waals surface area contributed by atoms with Crippen molar-refractivity contribution in [1.29, 1.82) is 0 Å². The second-order valence-corrected chi connectivity index (χ2v) is 6.28. The predicted octanol–water partition coefficient (Wildman–Crippen LogP) is 3.29. The van der Waals surface area contributed by atoms with Crippen molar-refractivity contribution in [2.75, 3.05) is 5.32 Å². The van der Waals surface area contributed by atoms with Crippen LogP contribution in [0.25, 0.3) is 5.69 Å². The Hall–Kier alpha value is -3.08. The van der Waals surface area contributed by atoms with Crippen molar-refractivity contribution in [1.82, 2.24) is 9.78 Å². The molecule has 5 heteroatoms. The molecule has 0 atom stereocenters. The van der Waals surface area contributed by atoms with Crippen LogP contribution in [-0.4, -0.2) is 15.7 Å². The van der Waals surface area contributed by atoms with E-state index < -0.39 is 0 Å². The number of rotatable bonds is 4. The van der Waals surface area contributed by atoms with E-state index in [-0.39, 0.29) is 0 Å². The van der Waals surface area contributed by atoms with Gasteiger partial charge in [0.25, 0.3) is 0 Å². The lowest BCUT2D eigenvalue weighted by Crippen LogP contribution is -2.22. The number of hydrogen-bond acceptors (Lipinski definition) is 2. The van der Waals surface area contributed by atoms with Gasteiger partial charge in [-0.3, -0.25) is 0 Å². The topological polar surface area (TPSA) is 68.2 Å². The summed E-state index contributed by atoms with van der Waals surface area (Å²) in [6, 6.07) is 16.5. The largest absolute Gasteiger partial charge is 0.370 e. The maximum absolute atomic E-state index is 6.05. The van der Waals surface area contributed by atoms with E-state index in [4.69, 9.17) is 5.73 Å². The van der Waals surface area contributed by atoms with Crippen LogP contribution < -0.4 is 11.1 Å². The van der Waals surface area contributed by atoms with Crippen LogP contribution in [0.5, 0.6) is 0 Å². The fourth-order valence-electron chi connectivity index (χ4n) is 3.23. The van der Waals surface area contributed by atoms with Gasteiger partial charge in [-0.1, -0.05) is 18.2 Å². The van der Waals surface area contributed by atoms with E-state index in [0.717, 1.165) is 23.4 Å². The fourth-order valence-corrected chi connectivity index (χ4v) is 3.23. The summed E-state index contributed by atoms with van der Waals surface area (Å²) in [4.78, 5) is 4.46. The second kappa shape index (κ2) is 6.81. The predicted molar refractivity (Wildman–Crippen MR) is 101 cm³/mol. The number of nitrogens with two attached hydrogens (primary N) is 1. The van der Waals surface area contributed by atoms with Gasteiger partial charge >= 0.3 is 0 Å². The first-order chi connectivity index (χ1) is 12.3. The number of nitrogens with one attached hydrogen (secondary N) is 1. The van der Waals surface area contributed by atoms with Crippen LogP contribution >= 0.6 is 0 Å². The van der Waals surface area contributed by atoms with Crippen molar-refractivity contribution in [3.63, 3.8) is 0 Å². The molecule has 2 aromatic carbocycles. The fraction of sp³-hybridized carbons (Fsp3) is 0.200. The number of benzene rings is 2. The molecule has 0 amide bonds. The SMILES string of the molecule is NC(=NCc1cccc(-n2cccn2)c1)Nc1ccc2c(c1)CCC2. The molecule has 4 rings (SSSR count). The van der Waals surface area contributed by atoms with Gasteiger partial charge in [0.2, 0.25) is 0 Å². The van der Waals surface area contributed by atoms with E-state index in [0.29, 0.717) is 12.5 Å². The molecule has 0 saturated heterocycles. The van der Waals surface area contributed by atoms with Gasteiger partial charge < -0.3 is 11.1 Å². The van der Waals surface area contributed by atoms with Crippen LogP contribution in [0.2, 0.25) is 0 Å². The maximum atomic E-state index is 6.05. The first-order valence-electron chi connectivity index (χ1n) is 8.56. The van der Waals surface area contributed by atoms with Gasteiger partial charge in [0.1, 0.15) is 0 Å². The standard InChI is InChI=1S/C20H21N5/c21-20(24-18-9-8-16-5-2-6-17(16)13-18)22-14-15-4-1-7-19(12-15)25-11-3-10-23-25/h1,3-4,7-13H,2,5-6,14H2,(H3,21,22,24). The minimum Gasteiger partial charge on any atom is -0.370 e. The zero-order valence-electron chi connectivity index (χ0n) is 14.0. The third-order valence-electron chi connectivity index (χ3n) is 4.48. The highest BCUT2D eigenvalue weighted by Gasteiger charge is 2.10. The number of fused-ring (bicyclic) bond motifs is 1. The number of nitrogens with zero attached hydrogens (tertiary/aromatic N) is 3. The lowest BCUT2D eigenvalue weighted by molar-refractivity contribution is 0.876. The highest BCUT2D eigenvalue weighted by atomic mass is 15.3. The van der Waals surface area contributed by atoms with Crippen LogP contribution in [-0.2, 0) is 19.4 Å². The molecule has 0 radical (unpaired) electrons. The van der Waals surface area contributed by atoms with E-state index in [1.54, 1.807) is 6.20 Å². The Morgan fingerprint density at radius 2 is 2.04 bits per heavy atom. The zero-order chi connectivity index (χ0) is 17.1. The monoisotopic (exact) mass is 331 g/mol. The molecule has 0 saturated carbocycles. The number of aromatic nitrogens is 2. The Morgan fingerprint density at radius 3 is 2.92 bits per heavy atom. The average Bonchev–Trinajstić information content (AvgIpc) is 3.31. The minimum absolute atomic E-state index is 0.433. The second-order valence-electron chi connectivity index (χ2n) is 6.28. The van der Waals surface area contributed by atoms with E-state index in [9.17, 15) is 0 Å². The quantitative estimate of drug-likeness (QED) is 0.569. The molecule has 3 N–H and O–H groups in total. The van der Waals surface area contributed by atoms with Gasteiger partial charge in [-0.05, 0) is 66.3 Å². The molecule has 3 aromatic rings. The smallest absolute Gasteiger partial charge is 0.193 e. The molecule has 0 bridgehead atoms. The zero-order valence-corrected chi connectivity index (χ0v) is 14.0. The summed E-state index contributed by atoms with van der Waals surface area (Å²) in [6.07, 6.45) is 7.28. The molecule has 5 nitrogen and oxygen atoms in total. The van der Waals surface area contributed by atoms with E-state index in [1.165, 1.54) is 24.0 Å². The van der Waals surface area contributed by atoms with Gasteiger partial charge in [-0.15, -0.1) is 0 Å². The summed E-state index contributed by atoms with van der Waals surface area (Å²) in [6.45, 7) is 0.527. The van der Waals surface area contributed by atoms with Gasteiger partial charge in [-0.25, -0.2) is 9.67 Å². The van der Waals surface area contributed by atoms with E-state index >= 15 is 0 Å². The molecular formula is C20H21N5. The molecule has 1 heterocycles. The van der Waals surface area contributed by atoms with Gasteiger partial charge in [0.15, 0.2) is 5.96 Å². The number of guanidine groups is 1. The molecular weight excluding hydrogens is 310 g/mol. The van der Waals surface area contributed by atoms with Crippen LogP contribution in [0.3, 0.4) is 0 Å². The summed E-state index contributed by atoms with van der Waals surface area (Å²) in [5, 5.41) is 7.45. The number of aliphatic imine (C=N–C) groups is 1. The van der Waals surface area contributed by atoms with Crippen molar-refractivity contribution < 1.29 is 0 Å². The first-order valence-corrected chi connectivity index (χ1v) is 8.56. The maximum Gasteiger partial charge on any atom is 0.193 e. The van der Waals surface area contributed by atoms with Crippen LogP contribution in [0.15, 0.2) is 65.9 Å². The van der Waals surface area contributed by atoms with Crippen LogP contribution in [0.4, 0.5) is 5.69 Å². The number of anilines is 1. The lowest BCUT2D eigenvalue weighted by Gasteiger charge is -2.08. The Labute approximate surface area is 147 Å². The summed E-state index contributed by atoms with van der Waals surface area (Å²) in [5.41, 5.74) is 12.0. The molecule has 0 unspecified atom stereocenters. The molecule has 126 valence electrons. The summed E-state index contributed by atoms with van der Waals surface area (Å²) < 4.78 is 1.83. The van der Waals surface area contributed by atoms with Gasteiger partial charge in [0.05, 0.1) is 12.2 Å². The Kier molecular flexibility index (Phi) is 4.21. The minimum atomic E-state index is 0.433. The molecule has 1 aliphatic carbocycles. The summed E-state index contributed by atoms with van der Waals surface area (Å²) in [5.74, 6) is 0.433. The lowest BCUT2D eigenvalue weighted by atomic mass is 10.1. The van der Waals surface area contributed by atoms with Gasteiger partial charge in [0, 0.05) is 18.1 Å². The third-order valence-corrected chi connectivity index (χ3v) is 4.48. The summed E-state index contributed by atoms with van der Waals surface area (Å²) >= 11 is 0.